The molecule has 4 nitrogen and oxygen atoms in total. The number of halogens is 3. The van der Waals surface area contributed by atoms with Gasteiger partial charge < -0.3 is 4.74 Å². The quantitative estimate of drug-likeness (QED) is 0.789. The van der Waals surface area contributed by atoms with Gasteiger partial charge in [-0.25, -0.2) is 17.4 Å². The lowest BCUT2D eigenvalue weighted by Crippen LogP contribution is -2.06. The molecular weight excluding hydrogens is 247 g/mol. The minimum absolute atomic E-state index is 0.394. The minimum atomic E-state index is -2.50. The summed E-state index contributed by atoms with van der Waals surface area (Å²) < 4.78 is 63.2. The maximum atomic E-state index is 13.2. The van der Waals surface area contributed by atoms with Gasteiger partial charge in [-0.15, -0.1) is 0 Å². The third-order valence-corrected chi connectivity index (χ3v) is 1.95. The predicted octanol–water partition coefficient (Wildman–Crippen LogP) is 1.86. The van der Waals surface area contributed by atoms with Gasteiger partial charge in [-0.2, -0.15) is 0 Å². The molecule has 0 saturated carbocycles. The van der Waals surface area contributed by atoms with E-state index in [0.29, 0.717) is 12.1 Å². The van der Waals surface area contributed by atoms with Crippen LogP contribution in [0, 0.1) is 11.6 Å². The van der Waals surface area contributed by atoms with E-state index in [4.69, 9.17) is 4.55 Å². The molecule has 0 fully saturated rings. The van der Waals surface area contributed by atoms with E-state index in [-0.39, 0.29) is 0 Å². The molecule has 0 aliphatic heterocycles. The Labute approximate surface area is 91.8 Å². The van der Waals surface area contributed by atoms with Gasteiger partial charge in [0.1, 0.15) is 13.3 Å². The molecule has 1 atom stereocenters. The van der Waals surface area contributed by atoms with Crippen LogP contribution in [0.1, 0.15) is 0 Å². The van der Waals surface area contributed by atoms with Crippen LogP contribution < -0.4 is 9.46 Å². The highest BCUT2D eigenvalue weighted by atomic mass is 32.2. The lowest BCUT2D eigenvalue weighted by Gasteiger charge is -2.08. The van der Waals surface area contributed by atoms with Gasteiger partial charge in [0, 0.05) is 12.1 Å². The van der Waals surface area contributed by atoms with E-state index in [1.165, 1.54) is 0 Å². The lowest BCUT2D eigenvalue weighted by molar-refractivity contribution is 0.261. The van der Waals surface area contributed by atoms with Crippen LogP contribution in [0.15, 0.2) is 12.1 Å². The van der Waals surface area contributed by atoms with Gasteiger partial charge in [-0.3, -0.25) is 9.27 Å². The van der Waals surface area contributed by atoms with Crippen molar-refractivity contribution in [2.75, 3.05) is 18.0 Å². The summed E-state index contributed by atoms with van der Waals surface area (Å²) in [4.78, 5) is 0. The number of alkyl halides is 1. The van der Waals surface area contributed by atoms with Crippen molar-refractivity contribution in [2.45, 2.75) is 0 Å². The molecule has 1 rings (SSSR count). The van der Waals surface area contributed by atoms with E-state index in [0.717, 1.165) is 0 Å². The van der Waals surface area contributed by atoms with Gasteiger partial charge in [-0.1, -0.05) is 0 Å². The molecule has 0 bridgehead atoms. The van der Waals surface area contributed by atoms with Crippen LogP contribution >= 0.6 is 0 Å². The second-order valence-corrected chi connectivity index (χ2v) is 3.35. The number of rotatable bonds is 5. The molecule has 0 radical (unpaired) electrons. The molecule has 1 unspecified atom stereocenters. The van der Waals surface area contributed by atoms with Gasteiger partial charge in [0.2, 0.25) is 0 Å². The van der Waals surface area contributed by atoms with Crippen LogP contribution in [-0.4, -0.2) is 22.0 Å². The Bertz CT molecular complexity index is 402. The molecule has 1 aromatic rings. The van der Waals surface area contributed by atoms with Gasteiger partial charge >= 0.3 is 0 Å². The average molecular weight is 255 g/mol. The monoisotopic (exact) mass is 255 g/mol. The Morgan fingerprint density at radius 2 is 2.06 bits per heavy atom. The summed E-state index contributed by atoms with van der Waals surface area (Å²) in [5.41, 5.74) is -0.481. The largest absolute Gasteiger partial charge is 0.488 e. The standard InChI is InChI=1S/C8H8F3NO3S/c9-1-2-15-8-4-5(10)7(3-6(8)11)12-16(13)14/h3-4,12H,1-2H2,(H,13,14). The Balaban J connectivity index is 2.92. The maximum Gasteiger partial charge on any atom is 0.259 e. The molecule has 0 spiro atoms. The summed E-state index contributed by atoms with van der Waals surface area (Å²) in [6, 6.07) is 1.32. The first-order chi connectivity index (χ1) is 7.54. The van der Waals surface area contributed by atoms with E-state index in [1.54, 1.807) is 4.72 Å². The normalized spacial score (nSPS) is 12.2. The van der Waals surface area contributed by atoms with Gasteiger partial charge in [-0.05, 0) is 0 Å². The Morgan fingerprint density at radius 1 is 1.38 bits per heavy atom. The van der Waals surface area contributed by atoms with E-state index < -0.39 is 47.6 Å². The van der Waals surface area contributed by atoms with Crippen molar-refractivity contribution in [3.05, 3.63) is 23.8 Å². The number of nitrogens with one attached hydrogen (secondary N) is 1. The number of ether oxygens (including phenoxy) is 1. The fourth-order valence-electron chi connectivity index (χ4n) is 0.960. The summed E-state index contributed by atoms with van der Waals surface area (Å²) in [7, 11) is 0. The third kappa shape index (κ3) is 3.38. The highest BCUT2D eigenvalue weighted by molar-refractivity contribution is 7.80. The number of hydrogen-bond acceptors (Lipinski definition) is 2. The average Bonchev–Trinajstić information content (AvgIpc) is 2.20. The second kappa shape index (κ2) is 5.71. The zero-order valence-electron chi connectivity index (χ0n) is 7.87. The molecule has 0 aliphatic carbocycles. The summed E-state index contributed by atoms with van der Waals surface area (Å²) in [5.74, 6) is -2.38. The number of hydrogen-bond donors (Lipinski definition) is 2. The van der Waals surface area contributed by atoms with E-state index in [2.05, 4.69) is 4.74 Å². The van der Waals surface area contributed by atoms with Gasteiger partial charge in [0.25, 0.3) is 11.3 Å². The van der Waals surface area contributed by atoms with Gasteiger partial charge in [0.15, 0.2) is 17.4 Å². The molecule has 0 amide bonds. The van der Waals surface area contributed by atoms with E-state index >= 15 is 0 Å². The summed E-state index contributed by atoms with van der Waals surface area (Å²) in [6.07, 6.45) is 0. The Morgan fingerprint density at radius 3 is 2.62 bits per heavy atom. The van der Waals surface area contributed by atoms with Crippen molar-refractivity contribution < 1.29 is 26.7 Å². The molecule has 2 N–H and O–H groups in total. The van der Waals surface area contributed by atoms with E-state index in [9.17, 15) is 17.4 Å². The molecule has 0 aromatic heterocycles. The molecule has 0 saturated heterocycles. The fourth-order valence-corrected chi connectivity index (χ4v) is 1.30. The smallest absolute Gasteiger partial charge is 0.259 e. The van der Waals surface area contributed by atoms with Crippen LogP contribution in [0.4, 0.5) is 18.9 Å². The van der Waals surface area contributed by atoms with E-state index in [1.807, 2.05) is 0 Å². The van der Waals surface area contributed by atoms with Crippen molar-refractivity contribution in [1.82, 2.24) is 0 Å². The van der Waals surface area contributed by atoms with Crippen LogP contribution in [0.3, 0.4) is 0 Å². The molecular formula is C8H8F3NO3S. The highest BCUT2D eigenvalue weighted by Crippen LogP contribution is 2.25. The van der Waals surface area contributed by atoms with Crippen LogP contribution in [0.5, 0.6) is 5.75 Å². The molecule has 16 heavy (non-hydrogen) atoms. The Kier molecular flexibility index (Phi) is 4.56. The third-order valence-electron chi connectivity index (χ3n) is 1.55. The fraction of sp³-hybridized carbons (Fsp3) is 0.250. The number of anilines is 1. The van der Waals surface area contributed by atoms with Crippen molar-refractivity contribution in [1.29, 1.82) is 0 Å². The minimum Gasteiger partial charge on any atom is -0.488 e. The second-order valence-electron chi connectivity index (χ2n) is 2.65. The summed E-state index contributed by atoms with van der Waals surface area (Å²) >= 11 is -2.50. The highest BCUT2D eigenvalue weighted by Gasteiger charge is 2.12. The maximum absolute atomic E-state index is 13.2. The lowest BCUT2D eigenvalue weighted by atomic mass is 10.3. The topological polar surface area (TPSA) is 58.6 Å². The predicted molar refractivity (Wildman–Crippen MR) is 52.2 cm³/mol. The van der Waals surface area contributed by atoms with Crippen molar-refractivity contribution in [3.63, 3.8) is 0 Å². The number of benzene rings is 1. The SMILES string of the molecule is O=S(O)Nc1cc(F)c(OCCF)cc1F. The zero-order valence-corrected chi connectivity index (χ0v) is 8.69. The van der Waals surface area contributed by atoms with Gasteiger partial charge in [0.05, 0.1) is 5.69 Å². The Hall–Kier alpha value is -1.28. The molecule has 0 heterocycles. The van der Waals surface area contributed by atoms with Crippen LogP contribution in [-0.2, 0) is 11.3 Å². The first kappa shape index (κ1) is 12.8. The molecule has 8 heteroatoms. The summed E-state index contributed by atoms with van der Waals surface area (Å²) in [5, 5.41) is 0. The van der Waals surface area contributed by atoms with Crippen molar-refractivity contribution in [2.24, 2.45) is 0 Å². The summed E-state index contributed by atoms with van der Waals surface area (Å²) in [6.45, 7) is -1.23. The first-order valence-corrected chi connectivity index (χ1v) is 5.20. The molecule has 90 valence electrons. The molecule has 0 aliphatic rings. The van der Waals surface area contributed by atoms with Crippen molar-refractivity contribution in [3.8, 4) is 5.75 Å². The molecule has 1 aromatic carbocycles. The zero-order chi connectivity index (χ0) is 12.1. The first-order valence-electron chi connectivity index (χ1n) is 4.10. The van der Waals surface area contributed by atoms with Crippen molar-refractivity contribution >= 4 is 17.0 Å². The van der Waals surface area contributed by atoms with Crippen LogP contribution in [0.25, 0.3) is 0 Å². The van der Waals surface area contributed by atoms with Crippen LogP contribution in [0.2, 0.25) is 0 Å².